The minimum atomic E-state index is -0.138. The predicted octanol–water partition coefficient (Wildman–Crippen LogP) is 2.33. The van der Waals surface area contributed by atoms with Crippen LogP contribution in [0.3, 0.4) is 0 Å². The van der Waals surface area contributed by atoms with E-state index in [-0.39, 0.29) is 12.5 Å². The monoisotopic (exact) mass is 274 g/mol. The highest BCUT2D eigenvalue weighted by Gasteiger charge is 2.13. The van der Waals surface area contributed by atoms with Crippen molar-refractivity contribution in [2.45, 2.75) is 26.7 Å². The molecule has 0 aliphatic carbocycles. The maximum Gasteiger partial charge on any atom is 0.251 e. The first kappa shape index (κ1) is 16.2. The highest BCUT2D eigenvalue weighted by molar-refractivity contribution is 5.94. The summed E-state index contributed by atoms with van der Waals surface area (Å²) in [6.45, 7) is 4.97. The molecule has 0 bridgehead atoms. The van der Waals surface area contributed by atoms with Crippen LogP contribution in [0.25, 0.3) is 0 Å². The first-order valence-corrected chi connectivity index (χ1v) is 6.96. The molecule has 0 heterocycles. The zero-order valence-electron chi connectivity index (χ0n) is 12.1. The second-order valence-corrected chi connectivity index (χ2v) is 5.41. The van der Waals surface area contributed by atoms with E-state index in [2.05, 4.69) is 19.2 Å². The Kier molecular flexibility index (Phi) is 6.75. The fraction of sp³-hybridized carbons (Fsp3) is 0.500. The number of carbonyl (C=O) groups excluding carboxylic acids is 1. The molecule has 2 N–H and O–H groups in total. The van der Waals surface area contributed by atoms with Crippen LogP contribution >= 0.6 is 0 Å². The van der Waals surface area contributed by atoms with Crippen molar-refractivity contribution in [3.05, 3.63) is 35.4 Å². The lowest BCUT2D eigenvalue weighted by Crippen LogP contribution is -2.30. The molecular formula is C16H22N2O2. The van der Waals surface area contributed by atoms with Crippen molar-refractivity contribution >= 4 is 5.91 Å². The molecular weight excluding hydrogens is 252 g/mol. The van der Waals surface area contributed by atoms with Crippen molar-refractivity contribution in [2.75, 3.05) is 13.2 Å². The number of hydrogen-bond acceptors (Lipinski definition) is 3. The molecule has 0 saturated heterocycles. The summed E-state index contributed by atoms with van der Waals surface area (Å²) in [5, 5.41) is 20.7. The third-order valence-corrected chi connectivity index (χ3v) is 3.17. The van der Waals surface area contributed by atoms with Crippen LogP contribution in [0.2, 0.25) is 0 Å². The fourth-order valence-corrected chi connectivity index (χ4v) is 2.19. The minimum absolute atomic E-state index is 0.138. The van der Waals surface area contributed by atoms with E-state index in [0.717, 1.165) is 6.42 Å². The molecule has 108 valence electrons. The summed E-state index contributed by atoms with van der Waals surface area (Å²) >= 11 is 0. The number of amides is 1. The van der Waals surface area contributed by atoms with Crippen molar-refractivity contribution in [3.8, 4) is 6.07 Å². The van der Waals surface area contributed by atoms with Crippen LogP contribution in [0.15, 0.2) is 24.3 Å². The van der Waals surface area contributed by atoms with Crippen LogP contribution in [0, 0.1) is 23.2 Å². The van der Waals surface area contributed by atoms with Crippen LogP contribution in [-0.2, 0) is 0 Å². The molecule has 0 radical (unpaired) electrons. The Morgan fingerprint density at radius 1 is 1.35 bits per heavy atom. The van der Waals surface area contributed by atoms with E-state index < -0.39 is 0 Å². The van der Waals surface area contributed by atoms with Crippen molar-refractivity contribution in [1.29, 1.82) is 5.26 Å². The SMILES string of the molecule is CC(C)CC(CCO)CNC(=O)c1ccc(C#N)cc1. The summed E-state index contributed by atoms with van der Waals surface area (Å²) in [4.78, 5) is 12.0. The summed E-state index contributed by atoms with van der Waals surface area (Å²) in [6, 6.07) is 8.59. The maximum absolute atomic E-state index is 12.0. The van der Waals surface area contributed by atoms with Gasteiger partial charge in [0.2, 0.25) is 0 Å². The summed E-state index contributed by atoms with van der Waals surface area (Å²) in [7, 11) is 0. The van der Waals surface area contributed by atoms with Crippen LogP contribution < -0.4 is 5.32 Å². The zero-order valence-corrected chi connectivity index (χ0v) is 12.1. The lowest BCUT2D eigenvalue weighted by atomic mass is 9.94. The standard InChI is InChI=1S/C16H22N2O2/c1-12(2)9-14(7-8-19)11-18-16(20)15-5-3-13(10-17)4-6-15/h3-6,12,14,19H,7-9,11H2,1-2H3,(H,18,20). The van der Waals surface area contributed by atoms with E-state index >= 15 is 0 Å². The third-order valence-electron chi connectivity index (χ3n) is 3.17. The van der Waals surface area contributed by atoms with Gasteiger partial charge in [-0.3, -0.25) is 4.79 Å². The number of hydrogen-bond donors (Lipinski definition) is 2. The van der Waals surface area contributed by atoms with E-state index in [1.54, 1.807) is 24.3 Å². The first-order chi connectivity index (χ1) is 9.56. The summed E-state index contributed by atoms with van der Waals surface area (Å²) < 4.78 is 0. The number of nitrogens with zero attached hydrogens (tertiary/aromatic N) is 1. The smallest absolute Gasteiger partial charge is 0.251 e. The van der Waals surface area contributed by atoms with Gasteiger partial charge in [-0.15, -0.1) is 0 Å². The Hall–Kier alpha value is -1.86. The van der Waals surface area contributed by atoms with Gasteiger partial charge in [0.25, 0.3) is 5.91 Å². The summed E-state index contributed by atoms with van der Waals surface area (Å²) in [6.07, 6.45) is 1.68. The molecule has 0 aliphatic rings. The molecule has 4 heteroatoms. The molecule has 20 heavy (non-hydrogen) atoms. The molecule has 0 aliphatic heterocycles. The molecule has 0 fully saturated rings. The Morgan fingerprint density at radius 2 is 2.00 bits per heavy atom. The van der Waals surface area contributed by atoms with Crippen molar-refractivity contribution in [3.63, 3.8) is 0 Å². The second kappa shape index (κ2) is 8.34. The number of nitriles is 1. The molecule has 0 saturated carbocycles. The van der Waals surface area contributed by atoms with Crippen LogP contribution in [-0.4, -0.2) is 24.2 Å². The summed E-state index contributed by atoms with van der Waals surface area (Å²) in [5.41, 5.74) is 1.09. The normalized spacial score (nSPS) is 11.9. The maximum atomic E-state index is 12.0. The van der Waals surface area contributed by atoms with Gasteiger partial charge in [-0.1, -0.05) is 13.8 Å². The Balaban J connectivity index is 2.53. The first-order valence-electron chi connectivity index (χ1n) is 6.96. The molecule has 1 unspecified atom stereocenters. The van der Waals surface area contributed by atoms with Gasteiger partial charge in [0.1, 0.15) is 0 Å². The van der Waals surface area contributed by atoms with Gasteiger partial charge in [0, 0.05) is 18.7 Å². The number of aliphatic hydroxyl groups excluding tert-OH is 1. The van der Waals surface area contributed by atoms with Crippen molar-refractivity contribution < 1.29 is 9.90 Å². The van der Waals surface area contributed by atoms with Crippen LogP contribution in [0.4, 0.5) is 0 Å². The van der Waals surface area contributed by atoms with Gasteiger partial charge < -0.3 is 10.4 Å². The number of carbonyl (C=O) groups is 1. The number of nitrogens with one attached hydrogen (secondary N) is 1. The van der Waals surface area contributed by atoms with Gasteiger partial charge in [-0.2, -0.15) is 5.26 Å². The van der Waals surface area contributed by atoms with Crippen molar-refractivity contribution in [2.24, 2.45) is 11.8 Å². The lowest BCUT2D eigenvalue weighted by molar-refractivity contribution is 0.0941. The highest BCUT2D eigenvalue weighted by atomic mass is 16.3. The third kappa shape index (κ3) is 5.41. The average molecular weight is 274 g/mol. The predicted molar refractivity (Wildman–Crippen MR) is 78.1 cm³/mol. The Bertz CT molecular complexity index is 460. The van der Waals surface area contributed by atoms with Gasteiger partial charge in [-0.05, 0) is 48.9 Å². The lowest BCUT2D eigenvalue weighted by Gasteiger charge is -2.18. The molecule has 1 amide bonds. The van der Waals surface area contributed by atoms with Gasteiger partial charge in [0.05, 0.1) is 11.6 Å². The van der Waals surface area contributed by atoms with Crippen LogP contribution in [0.1, 0.15) is 42.6 Å². The van der Waals surface area contributed by atoms with Gasteiger partial charge in [-0.25, -0.2) is 0 Å². The minimum Gasteiger partial charge on any atom is -0.396 e. The molecule has 1 atom stereocenters. The fourth-order valence-electron chi connectivity index (χ4n) is 2.19. The van der Waals surface area contributed by atoms with E-state index in [4.69, 9.17) is 10.4 Å². The largest absolute Gasteiger partial charge is 0.396 e. The molecule has 0 spiro atoms. The van der Waals surface area contributed by atoms with E-state index in [9.17, 15) is 4.79 Å². The molecule has 0 aromatic heterocycles. The van der Waals surface area contributed by atoms with E-state index in [1.807, 2.05) is 6.07 Å². The van der Waals surface area contributed by atoms with Crippen LogP contribution in [0.5, 0.6) is 0 Å². The molecule has 1 rings (SSSR count). The van der Waals surface area contributed by atoms with Crippen molar-refractivity contribution in [1.82, 2.24) is 5.32 Å². The number of benzene rings is 1. The number of aliphatic hydroxyl groups is 1. The van der Waals surface area contributed by atoms with E-state index in [0.29, 0.717) is 35.9 Å². The molecule has 1 aromatic rings. The second-order valence-electron chi connectivity index (χ2n) is 5.41. The van der Waals surface area contributed by atoms with Gasteiger partial charge in [0.15, 0.2) is 0 Å². The molecule has 1 aromatic carbocycles. The quantitative estimate of drug-likeness (QED) is 0.801. The summed E-state index contributed by atoms with van der Waals surface area (Å²) in [5.74, 6) is 0.696. The topological polar surface area (TPSA) is 73.1 Å². The Morgan fingerprint density at radius 3 is 2.50 bits per heavy atom. The Labute approximate surface area is 120 Å². The molecule has 4 nitrogen and oxygen atoms in total. The highest BCUT2D eigenvalue weighted by Crippen LogP contribution is 2.14. The zero-order chi connectivity index (χ0) is 15.0. The average Bonchev–Trinajstić information content (AvgIpc) is 2.44. The number of rotatable bonds is 7. The van der Waals surface area contributed by atoms with E-state index in [1.165, 1.54) is 0 Å². The van der Waals surface area contributed by atoms with Gasteiger partial charge >= 0.3 is 0 Å².